The summed E-state index contributed by atoms with van der Waals surface area (Å²) < 4.78 is 4.82. The second-order valence-electron chi connectivity index (χ2n) is 10.1. The van der Waals surface area contributed by atoms with E-state index in [4.69, 9.17) is 16.3 Å². The standard InChI is InChI=1S/C28H34BrClN2O5S/c1-4-6-7-10-14-37-27(36)21-22-25(34)32(17(3)16-33)24(28(22)15-18(29)23(21)38-28)26(35)31(13-5-2)20-12-9-8-11-19(20)30/h4-5,8-9,11-12,17-18,21-24,33H,1-2,6-7,10,13-16H2,3H3/t17-,18?,21-,22+,23-,24?,28?/m1/s1. The lowest BCUT2D eigenvalue weighted by atomic mass is 9.71. The Labute approximate surface area is 241 Å². The van der Waals surface area contributed by atoms with Crippen molar-refractivity contribution in [1.82, 2.24) is 4.90 Å². The molecule has 3 aliphatic rings. The Morgan fingerprint density at radius 3 is 2.74 bits per heavy atom. The average molecular weight is 626 g/mol. The summed E-state index contributed by atoms with van der Waals surface area (Å²) in [5, 5.41) is 10.3. The lowest BCUT2D eigenvalue weighted by molar-refractivity contribution is -0.154. The number of carbonyl (C=O) groups is 3. The molecule has 3 unspecified atom stereocenters. The van der Waals surface area contributed by atoms with Crippen LogP contribution in [0.5, 0.6) is 0 Å². The first-order chi connectivity index (χ1) is 18.2. The number of esters is 1. The van der Waals surface area contributed by atoms with Crippen molar-refractivity contribution in [3.05, 3.63) is 54.6 Å². The van der Waals surface area contributed by atoms with Crippen LogP contribution in [0.1, 0.15) is 32.6 Å². The molecule has 0 radical (unpaired) electrons. The minimum absolute atomic E-state index is 0.0669. The minimum atomic E-state index is -0.890. The highest BCUT2D eigenvalue weighted by Crippen LogP contribution is 2.68. The Morgan fingerprint density at radius 1 is 1.34 bits per heavy atom. The molecule has 10 heteroatoms. The van der Waals surface area contributed by atoms with E-state index in [1.54, 1.807) is 42.2 Å². The van der Waals surface area contributed by atoms with Gasteiger partial charge in [-0.05, 0) is 44.7 Å². The van der Waals surface area contributed by atoms with Crippen LogP contribution in [0.2, 0.25) is 5.02 Å². The lowest BCUT2D eigenvalue weighted by Crippen LogP contribution is -2.57. The number of unbranched alkanes of at least 4 members (excludes halogenated alkanes) is 2. The van der Waals surface area contributed by atoms with Crippen LogP contribution in [-0.2, 0) is 19.1 Å². The van der Waals surface area contributed by atoms with E-state index in [0.29, 0.717) is 23.6 Å². The molecule has 4 rings (SSSR count). The first-order valence-electron chi connectivity index (χ1n) is 12.9. The van der Waals surface area contributed by atoms with Gasteiger partial charge in [0.25, 0.3) is 5.91 Å². The Hall–Kier alpha value is -1.81. The van der Waals surface area contributed by atoms with Crippen molar-refractivity contribution in [3.8, 4) is 0 Å². The SMILES string of the molecule is C=CCCCCOC(=O)[C@H]1[C@@H]2SC3(CC2Br)C(C(=O)N(CC=C)c2ccccc2Cl)N([C@H](C)CO)C(=O)[C@H]13. The number of rotatable bonds is 12. The summed E-state index contributed by atoms with van der Waals surface area (Å²) in [6, 6.07) is 5.55. The molecule has 1 N–H and O–H groups in total. The molecule has 1 aromatic carbocycles. The van der Waals surface area contributed by atoms with Crippen molar-refractivity contribution in [2.45, 2.75) is 59.5 Å². The predicted molar refractivity (Wildman–Crippen MR) is 155 cm³/mol. The number of alkyl halides is 1. The van der Waals surface area contributed by atoms with Crippen molar-refractivity contribution in [2.24, 2.45) is 11.8 Å². The molecule has 7 nitrogen and oxygen atoms in total. The number of carbonyl (C=O) groups excluding carboxylic acids is 3. The van der Waals surface area contributed by atoms with E-state index < -0.39 is 34.6 Å². The van der Waals surface area contributed by atoms with Gasteiger partial charge in [-0.2, -0.15) is 0 Å². The van der Waals surface area contributed by atoms with Crippen LogP contribution in [0.25, 0.3) is 0 Å². The van der Waals surface area contributed by atoms with E-state index in [2.05, 4.69) is 29.1 Å². The fourth-order valence-electron chi connectivity index (χ4n) is 6.09. The Balaban J connectivity index is 1.71. The number of hydrogen-bond donors (Lipinski definition) is 1. The Morgan fingerprint density at radius 2 is 2.08 bits per heavy atom. The molecule has 0 aromatic heterocycles. The van der Waals surface area contributed by atoms with E-state index in [1.165, 1.54) is 16.7 Å². The summed E-state index contributed by atoms with van der Waals surface area (Å²) in [5.74, 6) is -2.38. The second kappa shape index (κ2) is 12.1. The van der Waals surface area contributed by atoms with Crippen LogP contribution < -0.4 is 4.90 Å². The molecule has 3 saturated heterocycles. The quantitative estimate of drug-likeness (QED) is 0.158. The normalized spacial score (nSPS) is 30.2. The maximum atomic E-state index is 14.4. The fourth-order valence-corrected chi connectivity index (χ4v) is 9.91. The van der Waals surface area contributed by atoms with Gasteiger partial charge in [0.2, 0.25) is 5.91 Å². The first kappa shape index (κ1) is 29.2. The third-order valence-electron chi connectivity index (χ3n) is 7.74. The topological polar surface area (TPSA) is 87.2 Å². The third kappa shape index (κ3) is 4.95. The van der Waals surface area contributed by atoms with E-state index in [9.17, 15) is 19.5 Å². The van der Waals surface area contributed by atoms with Gasteiger partial charge in [-0.1, -0.05) is 51.8 Å². The van der Waals surface area contributed by atoms with Gasteiger partial charge >= 0.3 is 5.97 Å². The zero-order valence-electron chi connectivity index (χ0n) is 21.4. The number of benzene rings is 1. The molecule has 2 amide bonds. The average Bonchev–Trinajstić information content (AvgIpc) is 3.50. The Kier molecular flexibility index (Phi) is 9.33. The van der Waals surface area contributed by atoms with Crippen LogP contribution >= 0.6 is 39.3 Å². The number of likely N-dealkylation sites (tertiary alicyclic amines) is 1. The van der Waals surface area contributed by atoms with Gasteiger partial charge in [0, 0.05) is 16.6 Å². The summed E-state index contributed by atoms with van der Waals surface area (Å²) in [4.78, 5) is 44.9. The molecule has 3 heterocycles. The molecular weight excluding hydrogens is 592 g/mol. The number of hydrogen-bond acceptors (Lipinski definition) is 6. The van der Waals surface area contributed by atoms with Gasteiger partial charge in [-0.3, -0.25) is 14.4 Å². The molecular formula is C28H34BrClN2O5S. The maximum absolute atomic E-state index is 14.4. The smallest absolute Gasteiger partial charge is 0.310 e. The van der Waals surface area contributed by atoms with Crippen LogP contribution in [0, 0.1) is 11.8 Å². The van der Waals surface area contributed by atoms with Crippen molar-refractivity contribution < 1.29 is 24.2 Å². The zero-order valence-corrected chi connectivity index (χ0v) is 24.6. The molecule has 0 aliphatic carbocycles. The summed E-state index contributed by atoms with van der Waals surface area (Å²) in [6.45, 7) is 9.41. The number of para-hydroxylation sites is 1. The number of halogens is 2. The number of aliphatic hydroxyl groups is 1. The predicted octanol–water partition coefficient (Wildman–Crippen LogP) is 4.60. The molecule has 1 spiro atoms. The molecule has 0 saturated carbocycles. The molecule has 2 bridgehead atoms. The number of fused-ring (bicyclic) bond motifs is 1. The summed E-state index contributed by atoms with van der Waals surface area (Å²) >= 11 is 11.8. The van der Waals surface area contributed by atoms with Crippen molar-refractivity contribution in [1.29, 1.82) is 0 Å². The van der Waals surface area contributed by atoms with Crippen LogP contribution in [0.4, 0.5) is 5.69 Å². The van der Waals surface area contributed by atoms with Crippen molar-refractivity contribution >= 4 is 62.8 Å². The van der Waals surface area contributed by atoms with Gasteiger partial charge in [-0.15, -0.1) is 24.9 Å². The monoisotopic (exact) mass is 624 g/mol. The fraction of sp³-hybridized carbons (Fsp3) is 0.536. The highest BCUT2D eigenvalue weighted by molar-refractivity contribution is 9.09. The minimum Gasteiger partial charge on any atom is -0.465 e. The zero-order chi connectivity index (χ0) is 27.6. The van der Waals surface area contributed by atoms with Crippen LogP contribution in [0.15, 0.2) is 49.6 Å². The number of allylic oxidation sites excluding steroid dienone is 1. The molecule has 38 heavy (non-hydrogen) atoms. The van der Waals surface area contributed by atoms with E-state index in [-0.39, 0.29) is 41.6 Å². The van der Waals surface area contributed by atoms with E-state index in [1.807, 2.05) is 6.08 Å². The molecule has 7 atom stereocenters. The number of thioether (sulfide) groups is 1. The van der Waals surface area contributed by atoms with Crippen molar-refractivity contribution in [2.75, 3.05) is 24.7 Å². The molecule has 3 fully saturated rings. The summed E-state index contributed by atoms with van der Waals surface area (Å²) in [5.41, 5.74) is 0.520. The van der Waals surface area contributed by atoms with Gasteiger partial charge in [0.1, 0.15) is 6.04 Å². The second-order valence-corrected chi connectivity index (χ2v) is 13.2. The van der Waals surface area contributed by atoms with Crippen LogP contribution in [0.3, 0.4) is 0 Å². The molecule has 206 valence electrons. The third-order valence-corrected chi connectivity index (χ3v) is 11.3. The summed E-state index contributed by atoms with van der Waals surface area (Å²) in [6.07, 6.45) is 6.41. The Bertz CT molecular complexity index is 1100. The highest BCUT2D eigenvalue weighted by atomic mass is 79.9. The lowest BCUT2D eigenvalue weighted by Gasteiger charge is -2.39. The van der Waals surface area contributed by atoms with Crippen LogP contribution in [-0.4, -0.2) is 74.5 Å². The van der Waals surface area contributed by atoms with Gasteiger partial charge in [0.15, 0.2) is 0 Å². The van der Waals surface area contributed by atoms with Gasteiger partial charge in [-0.25, -0.2) is 0 Å². The van der Waals surface area contributed by atoms with Gasteiger partial charge in [0.05, 0.1) is 46.5 Å². The van der Waals surface area contributed by atoms with E-state index in [0.717, 1.165) is 12.8 Å². The van der Waals surface area contributed by atoms with Crippen molar-refractivity contribution in [3.63, 3.8) is 0 Å². The van der Waals surface area contributed by atoms with E-state index >= 15 is 0 Å². The molecule has 3 aliphatic heterocycles. The number of anilines is 1. The highest BCUT2D eigenvalue weighted by Gasteiger charge is 2.76. The maximum Gasteiger partial charge on any atom is 0.310 e. The number of nitrogens with zero attached hydrogens (tertiary/aromatic N) is 2. The summed E-state index contributed by atoms with van der Waals surface area (Å²) in [7, 11) is 0. The largest absolute Gasteiger partial charge is 0.465 e. The number of ether oxygens (including phenoxy) is 1. The number of aliphatic hydroxyl groups excluding tert-OH is 1. The molecule has 1 aromatic rings. The first-order valence-corrected chi connectivity index (χ1v) is 15.1. The van der Waals surface area contributed by atoms with Gasteiger partial charge < -0.3 is 19.6 Å². The number of amides is 2.